The second-order valence-electron chi connectivity index (χ2n) is 8.06. The van der Waals surface area contributed by atoms with Gasteiger partial charge in [0.25, 0.3) is 11.2 Å². The summed E-state index contributed by atoms with van der Waals surface area (Å²) in [6, 6.07) is 6.49. The zero-order valence-corrected chi connectivity index (χ0v) is 18.7. The molecule has 2 rings (SSSR count). The minimum atomic E-state index is -0.799. The van der Waals surface area contributed by atoms with Gasteiger partial charge in [0.1, 0.15) is 24.2 Å². The molecule has 1 unspecified atom stereocenters. The highest BCUT2D eigenvalue weighted by Crippen LogP contribution is 2.32. The van der Waals surface area contributed by atoms with Crippen LogP contribution in [-0.2, 0) is 14.3 Å². The highest BCUT2D eigenvalue weighted by Gasteiger charge is 2.19. The number of non-ortho nitro benzene ring substituents is 1. The maximum atomic E-state index is 11.3. The summed E-state index contributed by atoms with van der Waals surface area (Å²) in [7, 11) is 0. The molecule has 0 fully saturated rings. The lowest BCUT2D eigenvalue weighted by Gasteiger charge is -2.18. The Balaban J connectivity index is 0.000000920. The normalized spacial score (nSPS) is 11.6. The Labute approximate surface area is 185 Å². The van der Waals surface area contributed by atoms with Crippen LogP contribution in [0.15, 0.2) is 35.1 Å². The Bertz CT molecular complexity index is 969. The van der Waals surface area contributed by atoms with E-state index in [1.807, 2.05) is 20.8 Å². The van der Waals surface area contributed by atoms with E-state index < -0.39 is 22.6 Å². The number of nitrogens with zero attached hydrogens (tertiary/aromatic N) is 2. The fourth-order valence-corrected chi connectivity index (χ4v) is 2.32. The van der Waals surface area contributed by atoms with Crippen LogP contribution >= 0.6 is 0 Å². The predicted octanol–water partition coefficient (Wildman–Crippen LogP) is 2.38. The number of nitrogens with one attached hydrogen (secondary N) is 1. The summed E-state index contributed by atoms with van der Waals surface area (Å²) in [5, 5.41) is 17.2. The van der Waals surface area contributed by atoms with Crippen LogP contribution in [0.5, 0.6) is 5.75 Å². The van der Waals surface area contributed by atoms with Gasteiger partial charge in [-0.2, -0.15) is 5.10 Å². The third kappa shape index (κ3) is 10.4. The van der Waals surface area contributed by atoms with E-state index in [9.17, 15) is 24.5 Å². The summed E-state index contributed by atoms with van der Waals surface area (Å²) in [5.74, 6) is -0.520. The molecule has 0 spiro atoms. The number of Topliss-reactive ketones (excluding diaryl/α,β-unsaturated/α-hetero) is 1. The number of nitro groups is 1. The van der Waals surface area contributed by atoms with Gasteiger partial charge in [0.05, 0.1) is 16.2 Å². The molecule has 0 radical (unpaired) electrons. The van der Waals surface area contributed by atoms with Crippen LogP contribution in [0.3, 0.4) is 0 Å². The molecule has 174 valence electrons. The highest BCUT2D eigenvalue weighted by molar-refractivity contribution is 5.76. The molecule has 0 aliphatic rings. The summed E-state index contributed by atoms with van der Waals surface area (Å²) in [6.07, 6.45) is -0.828. The molecule has 1 atom stereocenters. The van der Waals surface area contributed by atoms with Crippen LogP contribution in [0.4, 0.5) is 5.69 Å². The number of aromatic nitrogens is 2. The smallest absolute Gasteiger partial charge is 0.303 e. The molecule has 0 saturated heterocycles. The van der Waals surface area contributed by atoms with Crippen molar-refractivity contribution in [2.24, 2.45) is 5.73 Å². The van der Waals surface area contributed by atoms with Gasteiger partial charge < -0.3 is 15.2 Å². The number of H-pyrrole nitrogens is 1. The van der Waals surface area contributed by atoms with Crippen LogP contribution in [0.25, 0.3) is 11.3 Å². The molecular weight excluding hydrogens is 420 g/mol. The third-order valence-corrected chi connectivity index (χ3v) is 3.40. The van der Waals surface area contributed by atoms with Crippen LogP contribution < -0.4 is 16.0 Å². The van der Waals surface area contributed by atoms with Crippen molar-refractivity contribution in [1.29, 1.82) is 0 Å². The van der Waals surface area contributed by atoms with Crippen molar-refractivity contribution in [2.45, 2.75) is 52.7 Å². The van der Waals surface area contributed by atoms with Gasteiger partial charge in [-0.05, 0) is 39.8 Å². The minimum Gasteiger partial charge on any atom is -0.489 e. The number of aromatic amines is 1. The average molecular weight is 448 g/mol. The number of esters is 1. The number of ether oxygens (including phenoxy) is 2. The lowest BCUT2D eigenvalue weighted by molar-refractivity contribution is -0.384. The Kier molecular flexibility index (Phi) is 9.67. The fourth-order valence-electron chi connectivity index (χ4n) is 2.32. The molecule has 1 aromatic carbocycles. The maximum absolute atomic E-state index is 11.3. The zero-order valence-electron chi connectivity index (χ0n) is 18.7. The first-order chi connectivity index (χ1) is 14.8. The Hall–Kier alpha value is -3.60. The number of carbonyl (C=O) groups is 2. The SMILES string of the molecule is CC(=O)CC(COc1ccc([N+](=O)[O-])cc1-c1ccc(=O)[nH]n1)OC(C)=O.CC(C)(C)N. The quantitative estimate of drug-likeness (QED) is 0.350. The highest BCUT2D eigenvalue weighted by atomic mass is 16.6. The summed E-state index contributed by atoms with van der Waals surface area (Å²) in [4.78, 5) is 44.2. The van der Waals surface area contributed by atoms with Gasteiger partial charge in [0.2, 0.25) is 0 Å². The predicted molar refractivity (Wildman–Crippen MR) is 117 cm³/mol. The van der Waals surface area contributed by atoms with Gasteiger partial charge in [-0.15, -0.1) is 0 Å². The molecular formula is C21H28N4O7. The number of nitrogens with two attached hydrogens (primary N) is 1. The van der Waals surface area contributed by atoms with E-state index >= 15 is 0 Å². The molecule has 0 aliphatic heterocycles. The lowest BCUT2D eigenvalue weighted by atomic mass is 10.1. The molecule has 0 saturated carbocycles. The van der Waals surface area contributed by atoms with Gasteiger partial charge >= 0.3 is 5.97 Å². The summed E-state index contributed by atoms with van der Waals surface area (Å²) in [6.45, 7) is 8.34. The molecule has 11 heteroatoms. The second-order valence-corrected chi connectivity index (χ2v) is 8.06. The van der Waals surface area contributed by atoms with Gasteiger partial charge in [0, 0.05) is 37.1 Å². The number of carbonyl (C=O) groups excluding carboxylic acids is 2. The largest absolute Gasteiger partial charge is 0.489 e. The molecule has 0 aliphatic carbocycles. The van der Waals surface area contributed by atoms with Gasteiger partial charge in [-0.3, -0.25) is 24.5 Å². The first kappa shape index (κ1) is 26.4. The first-order valence-corrected chi connectivity index (χ1v) is 9.69. The van der Waals surface area contributed by atoms with E-state index in [-0.39, 0.29) is 47.0 Å². The number of hydrogen-bond donors (Lipinski definition) is 2. The van der Waals surface area contributed by atoms with E-state index in [1.165, 1.54) is 44.2 Å². The number of nitro benzene ring substituents is 1. The first-order valence-electron chi connectivity index (χ1n) is 9.69. The standard InChI is InChI=1S/C17H17N3O7.C4H11N/c1-10(21)7-13(27-11(2)22)9-26-16-5-3-12(20(24)25)8-14(16)15-4-6-17(23)19-18-15;1-4(2,3)5/h3-6,8,13H,7,9H2,1-2H3,(H,19,23);5H2,1-3H3. The van der Waals surface area contributed by atoms with E-state index in [0.29, 0.717) is 0 Å². The number of benzene rings is 1. The van der Waals surface area contributed by atoms with Gasteiger partial charge in [-0.25, -0.2) is 5.10 Å². The van der Waals surface area contributed by atoms with E-state index in [4.69, 9.17) is 15.2 Å². The second kappa shape index (κ2) is 11.7. The van der Waals surface area contributed by atoms with E-state index in [2.05, 4.69) is 10.2 Å². The molecule has 2 aromatic rings. The summed E-state index contributed by atoms with van der Waals surface area (Å²) in [5.41, 5.74) is 5.26. The fraction of sp³-hybridized carbons (Fsp3) is 0.429. The van der Waals surface area contributed by atoms with Crippen LogP contribution in [0, 0.1) is 10.1 Å². The van der Waals surface area contributed by atoms with Crippen LogP contribution in [0.2, 0.25) is 0 Å². The molecule has 0 bridgehead atoms. The topological polar surface area (TPSA) is 168 Å². The van der Waals surface area contributed by atoms with Crippen molar-refractivity contribution in [2.75, 3.05) is 6.61 Å². The van der Waals surface area contributed by atoms with Crippen LogP contribution in [0.1, 0.15) is 41.0 Å². The minimum absolute atomic E-state index is 0. The van der Waals surface area contributed by atoms with Crippen LogP contribution in [-0.4, -0.2) is 45.1 Å². The molecule has 0 amide bonds. The number of rotatable bonds is 8. The van der Waals surface area contributed by atoms with E-state index in [1.54, 1.807) is 0 Å². The Morgan fingerprint density at radius 3 is 2.31 bits per heavy atom. The maximum Gasteiger partial charge on any atom is 0.303 e. The molecule has 1 aromatic heterocycles. The number of hydrogen-bond acceptors (Lipinski definition) is 9. The van der Waals surface area contributed by atoms with Crippen molar-refractivity contribution in [3.63, 3.8) is 0 Å². The Morgan fingerprint density at radius 2 is 1.84 bits per heavy atom. The number of ketones is 1. The summed E-state index contributed by atoms with van der Waals surface area (Å²) >= 11 is 0. The van der Waals surface area contributed by atoms with Gasteiger partial charge in [-0.1, -0.05) is 0 Å². The Morgan fingerprint density at radius 1 is 1.22 bits per heavy atom. The van der Waals surface area contributed by atoms with Crippen molar-refractivity contribution in [3.8, 4) is 17.0 Å². The third-order valence-electron chi connectivity index (χ3n) is 3.40. The molecule has 1 heterocycles. The lowest BCUT2D eigenvalue weighted by Crippen LogP contribution is -2.26. The van der Waals surface area contributed by atoms with Crippen molar-refractivity contribution < 1.29 is 24.0 Å². The zero-order chi connectivity index (χ0) is 24.5. The van der Waals surface area contributed by atoms with Crippen molar-refractivity contribution in [1.82, 2.24) is 10.2 Å². The summed E-state index contributed by atoms with van der Waals surface area (Å²) < 4.78 is 10.7. The molecule has 3 N–H and O–H groups in total. The monoisotopic (exact) mass is 448 g/mol. The average Bonchev–Trinajstić information content (AvgIpc) is 2.64. The molecule has 32 heavy (non-hydrogen) atoms. The van der Waals surface area contributed by atoms with Gasteiger partial charge in [0.15, 0.2) is 0 Å². The molecule has 11 nitrogen and oxygen atoms in total. The van der Waals surface area contributed by atoms with Crippen molar-refractivity contribution in [3.05, 3.63) is 50.8 Å². The van der Waals surface area contributed by atoms with Crippen molar-refractivity contribution >= 4 is 17.4 Å². The van der Waals surface area contributed by atoms with E-state index in [0.717, 1.165) is 0 Å².